The third-order valence-corrected chi connectivity index (χ3v) is 3.60. The molecule has 1 aliphatic rings. The lowest BCUT2D eigenvalue weighted by molar-refractivity contribution is -0.121. The number of carbonyl (C=O) groups is 1. The molecule has 0 aromatic heterocycles. The lowest BCUT2D eigenvalue weighted by atomic mass is 9.92. The highest BCUT2D eigenvalue weighted by molar-refractivity contribution is 5.75. The van der Waals surface area contributed by atoms with Gasteiger partial charge in [0.25, 0.3) is 0 Å². The quantitative estimate of drug-likeness (QED) is 0.760. The minimum Gasteiger partial charge on any atom is -0.356 e. The van der Waals surface area contributed by atoms with Gasteiger partial charge in [-0.3, -0.25) is 4.79 Å². The van der Waals surface area contributed by atoms with Crippen molar-refractivity contribution in [1.29, 1.82) is 0 Å². The van der Waals surface area contributed by atoms with Crippen LogP contribution >= 0.6 is 0 Å². The summed E-state index contributed by atoms with van der Waals surface area (Å²) in [5.41, 5.74) is 0.124. The Kier molecular flexibility index (Phi) is 6.80. The fourth-order valence-electron chi connectivity index (χ4n) is 2.77. The van der Waals surface area contributed by atoms with Crippen molar-refractivity contribution in [3.05, 3.63) is 0 Å². The van der Waals surface area contributed by atoms with E-state index in [0.29, 0.717) is 12.3 Å². The summed E-state index contributed by atoms with van der Waals surface area (Å²) in [6.45, 7) is 8.08. The van der Waals surface area contributed by atoms with Crippen molar-refractivity contribution < 1.29 is 4.79 Å². The lowest BCUT2D eigenvalue weighted by Gasteiger charge is -2.28. The van der Waals surface area contributed by atoms with Gasteiger partial charge < -0.3 is 10.2 Å². The van der Waals surface area contributed by atoms with Crippen molar-refractivity contribution >= 4 is 5.91 Å². The number of hydrogen-bond acceptors (Lipinski definition) is 2. The molecular weight excluding hydrogens is 238 g/mol. The van der Waals surface area contributed by atoms with Crippen molar-refractivity contribution in [2.24, 2.45) is 11.3 Å². The molecule has 1 rings (SSSR count). The van der Waals surface area contributed by atoms with Gasteiger partial charge in [-0.05, 0) is 44.7 Å². The average Bonchev–Trinajstić information content (AvgIpc) is 2.34. The predicted octanol–water partition coefficient (Wildman–Crippen LogP) is 1.48. The van der Waals surface area contributed by atoms with Crippen molar-refractivity contribution in [2.45, 2.75) is 39.5 Å². The number of hydrogen-bond donors (Lipinski definition) is 1. The van der Waals surface area contributed by atoms with Gasteiger partial charge in [0, 0.05) is 32.6 Å². The van der Waals surface area contributed by atoms with Gasteiger partial charge in [-0.1, -0.05) is 13.8 Å². The first-order valence-electron chi connectivity index (χ1n) is 7.44. The molecule has 0 saturated carbocycles. The summed E-state index contributed by atoms with van der Waals surface area (Å²) in [5, 5.41) is 7.49. The molecule has 0 spiro atoms. The molecule has 4 nitrogen and oxygen atoms in total. The van der Waals surface area contributed by atoms with Gasteiger partial charge in [0.05, 0.1) is 0 Å². The number of nitrogens with one attached hydrogen (secondary N) is 1. The molecule has 1 aliphatic heterocycles. The normalized spacial score (nSPS) is 20.6. The van der Waals surface area contributed by atoms with Gasteiger partial charge in [-0.25, -0.2) is 5.32 Å². The molecule has 1 unspecified atom stereocenters. The number of nitrogens with zero attached hydrogens (tertiary/aromatic N) is 2. The van der Waals surface area contributed by atoms with Crippen LogP contribution in [0.2, 0.25) is 0 Å². The highest BCUT2D eigenvalue weighted by atomic mass is 16.1. The number of piperidine rings is 1. The Morgan fingerprint density at radius 2 is 2.16 bits per heavy atom. The molecule has 1 fully saturated rings. The van der Waals surface area contributed by atoms with Crippen LogP contribution in [0.25, 0.3) is 0 Å². The Labute approximate surface area is 118 Å². The van der Waals surface area contributed by atoms with Crippen LogP contribution in [0.1, 0.15) is 39.5 Å². The molecule has 19 heavy (non-hydrogen) atoms. The van der Waals surface area contributed by atoms with E-state index in [9.17, 15) is 4.79 Å². The highest BCUT2D eigenvalue weighted by Crippen LogP contribution is 2.17. The Hall–Kier alpha value is -0.610. The van der Waals surface area contributed by atoms with Crippen molar-refractivity contribution in [1.82, 2.24) is 15.5 Å². The van der Waals surface area contributed by atoms with Gasteiger partial charge in [0.1, 0.15) is 0 Å². The Morgan fingerprint density at radius 1 is 1.42 bits per heavy atom. The summed E-state index contributed by atoms with van der Waals surface area (Å²) in [5.74, 6) is 0.826. The molecule has 0 aliphatic carbocycles. The lowest BCUT2D eigenvalue weighted by Crippen LogP contribution is -2.40. The number of rotatable bonds is 7. The van der Waals surface area contributed by atoms with E-state index in [-0.39, 0.29) is 11.3 Å². The first-order chi connectivity index (χ1) is 8.89. The van der Waals surface area contributed by atoms with E-state index in [1.165, 1.54) is 12.8 Å². The second kappa shape index (κ2) is 7.85. The van der Waals surface area contributed by atoms with Gasteiger partial charge in [0.2, 0.25) is 5.91 Å². The van der Waals surface area contributed by atoms with Crippen molar-refractivity contribution in [3.8, 4) is 0 Å². The summed E-state index contributed by atoms with van der Waals surface area (Å²) in [4.78, 5) is 14.0. The van der Waals surface area contributed by atoms with E-state index in [1.807, 2.05) is 0 Å². The van der Waals surface area contributed by atoms with Crippen molar-refractivity contribution in [2.75, 3.05) is 40.3 Å². The topological polar surface area (TPSA) is 46.4 Å². The minimum atomic E-state index is 0.124. The molecule has 1 amide bonds. The molecule has 1 heterocycles. The van der Waals surface area contributed by atoms with Crippen LogP contribution in [0.15, 0.2) is 0 Å². The molecule has 0 aromatic rings. The smallest absolute Gasteiger partial charge is 0.220 e. The third kappa shape index (κ3) is 7.53. The zero-order chi connectivity index (χ0) is 14.3. The zero-order valence-corrected chi connectivity index (χ0v) is 13.0. The number of amides is 1. The van der Waals surface area contributed by atoms with Crippen LogP contribution < -0.4 is 10.6 Å². The molecule has 0 aromatic carbocycles. The molecule has 1 N–H and O–H groups in total. The molecule has 4 heteroatoms. The largest absolute Gasteiger partial charge is 0.356 e. The summed E-state index contributed by atoms with van der Waals surface area (Å²) >= 11 is 0. The molecular formula is C15H30N3O. The summed E-state index contributed by atoms with van der Waals surface area (Å²) in [6, 6.07) is 0. The van der Waals surface area contributed by atoms with E-state index in [4.69, 9.17) is 0 Å². The molecule has 1 radical (unpaired) electrons. The summed E-state index contributed by atoms with van der Waals surface area (Å²) in [7, 11) is 4.13. The van der Waals surface area contributed by atoms with E-state index < -0.39 is 0 Å². The second-order valence-electron chi connectivity index (χ2n) is 6.86. The average molecular weight is 268 g/mol. The highest BCUT2D eigenvalue weighted by Gasteiger charge is 2.20. The first kappa shape index (κ1) is 16.4. The summed E-state index contributed by atoms with van der Waals surface area (Å²) < 4.78 is 0. The minimum absolute atomic E-state index is 0.124. The predicted molar refractivity (Wildman–Crippen MR) is 79.2 cm³/mol. The van der Waals surface area contributed by atoms with Crippen LogP contribution in [0, 0.1) is 11.3 Å². The van der Waals surface area contributed by atoms with Crippen LogP contribution in [-0.4, -0.2) is 51.1 Å². The van der Waals surface area contributed by atoms with Gasteiger partial charge in [0.15, 0.2) is 0 Å². The second-order valence-corrected chi connectivity index (χ2v) is 6.86. The monoisotopic (exact) mass is 268 g/mol. The standard InChI is InChI=1S/C15H30N3O/c1-15(2,12-18(3)4)11-17-14(19)8-7-13-6-5-9-16-10-13/h13H,5-12H2,1-4H3,(H,17,19). The van der Waals surface area contributed by atoms with Gasteiger partial charge in [-0.2, -0.15) is 0 Å². The van der Waals surface area contributed by atoms with E-state index in [2.05, 4.69) is 43.5 Å². The first-order valence-corrected chi connectivity index (χ1v) is 7.44. The Balaban J connectivity index is 2.16. The fraction of sp³-hybridized carbons (Fsp3) is 0.933. The molecule has 1 atom stereocenters. The van der Waals surface area contributed by atoms with Crippen LogP contribution in [0.3, 0.4) is 0 Å². The third-order valence-electron chi connectivity index (χ3n) is 3.60. The van der Waals surface area contributed by atoms with Gasteiger partial charge in [-0.15, -0.1) is 0 Å². The summed E-state index contributed by atoms with van der Waals surface area (Å²) in [6.07, 6.45) is 4.08. The maximum absolute atomic E-state index is 11.9. The molecule has 0 bridgehead atoms. The van der Waals surface area contributed by atoms with Crippen LogP contribution in [-0.2, 0) is 4.79 Å². The zero-order valence-electron chi connectivity index (χ0n) is 13.0. The Morgan fingerprint density at radius 3 is 2.74 bits per heavy atom. The van der Waals surface area contributed by atoms with E-state index in [1.54, 1.807) is 0 Å². The maximum Gasteiger partial charge on any atom is 0.220 e. The molecule has 1 saturated heterocycles. The molecule has 111 valence electrons. The van der Waals surface area contributed by atoms with Crippen molar-refractivity contribution in [3.63, 3.8) is 0 Å². The Bertz CT molecular complexity index is 271. The van der Waals surface area contributed by atoms with E-state index in [0.717, 1.165) is 32.6 Å². The van der Waals surface area contributed by atoms with Crippen LogP contribution in [0.5, 0.6) is 0 Å². The SMILES string of the molecule is CN(C)CC(C)(C)CNC(=O)CCC1CCC[N]C1. The maximum atomic E-state index is 11.9. The van der Waals surface area contributed by atoms with E-state index >= 15 is 0 Å². The fourth-order valence-corrected chi connectivity index (χ4v) is 2.77. The number of carbonyl (C=O) groups excluding carboxylic acids is 1. The van der Waals surface area contributed by atoms with Crippen LogP contribution in [0.4, 0.5) is 0 Å². The van der Waals surface area contributed by atoms with Gasteiger partial charge >= 0.3 is 0 Å².